The maximum Gasteiger partial charge on any atom is 0.0952 e. The number of hydrogen-bond acceptors (Lipinski definition) is 3. The van der Waals surface area contributed by atoms with Crippen molar-refractivity contribution < 1.29 is 4.74 Å². The normalized spacial score (nSPS) is 32.4. The summed E-state index contributed by atoms with van der Waals surface area (Å²) >= 11 is 0. The summed E-state index contributed by atoms with van der Waals surface area (Å²) in [5.41, 5.74) is 6.72. The van der Waals surface area contributed by atoms with E-state index in [1.54, 1.807) is 0 Å². The van der Waals surface area contributed by atoms with Gasteiger partial charge in [0.05, 0.1) is 30.8 Å². The Morgan fingerprint density at radius 1 is 1.64 bits per heavy atom. The van der Waals surface area contributed by atoms with E-state index in [1.165, 1.54) is 0 Å². The van der Waals surface area contributed by atoms with E-state index in [0.29, 0.717) is 24.6 Å². The minimum Gasteiger partial charge on any atom is -0.376 e. The van der Waals surface area contributed by atoms with E-state index in [9.17, 15) is 0 Å². The number of imidazole rings is 1. The summed E-state index contributed by atoms with van der Waals surface area (Å²) in [5, 5.41) is 0. The topological polar surface area (TPSA) is 53.1 Å². The smallest absolute Gasteiger partial charge is 0.0952 e. The lowest BCUT2D eigenvalue weighted by molar-refractivity contribution is 0.108. The maximum atomic E-state index is 5.64. The second-order valence-corrected chi connectivity index (χ2v) is 3.96. The largest absolute Gasteiger partial charge is 0.376 e. The number of aromatic nitrogens is 2. The Morgan fingerprint density at radius 2 is 2.43 bits per heavy atom. The van der Waals surface area contributed by atoms with Crippen LogP contribution in [0.1, 0.15) is 25.6 Å². The lowest BCUT2D eigenvalue weighted by Crippen LogP contribution is -2.20. The highest BCUT2D eigenvalue weighted by Gasteiger charge is 2.32. The maximum absolute atomic E-state index is 5.64. The molecule has 1 aromatic heterocycles. The van der Waals surface area contributed by atoms with Crippen molar-refractivity contribution in [2.24, 2.45) is 11.7 Å². The number of ether oxygens (including phenoxy) is 1. The van der Waals surface area contributed by atoms with E-state index in [4.69, 9.17) is 10.5 Å². The monoisotopic (exact) mass is 195 g/mol. The fourth-order valence-corrected chi connectivity index (χ4v) is 1.99. The molecule has 78 valence electrons. The van der Waals surface area contributed by atoms with Gasteiger partial charge in [0.1, 0.15) is 0 Å². The molecule has 14 heavy (non-hydrogen) atoms. The van der Waals surface area contributed by atoms with Gasteiger partial charge in [-0.2, -0.15) is 0 Å². The zero-order valence-corrected chi connectivity index (χ0v) is 8.68. The minimum atomic E-state index is 0.327. The van der Waals surface area contributed by atoms with E-state index in [2.05, 4.69) is 23.4 Å². The van der Waals surface area contributed by atoms with Gasteiger partial charge in [0.15, 0.2) is 0 Å². The van der Waals surface area contributed by atoms with Crippen molar-refractivity contribution in [1.29, 1.82) is 0 Å². The SMILES string of the molecule is CC1OCC(n2cncc2CN)C1C. The molecule has 4 nitrogen and oxygen atoms in total. The molecule has 3 unspecified atom stereocenters. The number of nitrogens with two attached hydrogens (primary N) is 1. The van der Waals surface area contributed by atoms with Gasteiger partial charge in [-0.15, -0.1) is 0 Å². The van der Waals surface area contributed by atoms with Crippen LogP contribution >= 0.6 is 0 Å². The number of hydrogen-bond donors (Lipinski definition) is 1. The van der Waals surface area contributed by atoms with Gasteiger partial charge >= 0.3 is 0 Å². The van der Waals surface area contributed by atoms with Crippen LogP contribution in [0.2, 0.25) is 0 Å². The van der Waals surface area contributed by atoms with E-state index < -0.39 is 0 Å². The number of rotatable bonds is 2. The highest BCUT2D eigenvalue weighted by Crippen LogP contribution is 2.31. The van der Waals surface area contributed by atoms with Crippen LogP contribution in [-0.4, -0.2) is 22.3 Å². The van der Waals surface area contributed by atoms with E-state index in [-0.39, 0.29) is 0 Å². The van der Waals surface area contributed by atoms with Gasteiger partial charge in [0, 0.05) is 18.7 Å². The summed E-state index contributed by atoms with van der Waals surface area (Å²) in [7, 11) is 0. The minimum absolute atomic E-state index is 0.327. The summed E-state index contributed by atoms with van der Waals surface area (Å²) in [5.74, 6) is 0.523. The van der Waals surface area contributed by atoms with Gasteiger partial charge in [-0.25, -0.2) is 4.98 Å². The fourth-order valence-electron chi connectivity index (χ4n) is 1.99. The molecule has 1 aliphatic heterocycles. The molecule has 2 rings (SSSR count). The molecule has 0 saturated carbocycles. The predicted molar refractivity (Wildman–Crippen MR) is 53.7 cm³/mol. The summed E-state index contributed by atoms with van der Waals surface area (Å²) in [6.07, 6.45) is 4.01. The summed E-state index contributed by atoms with van der Waals surface area (Å²) in [6, 6.07) is 0.394. The molecular formula is C10H17N3O. The molecular weight excluding hydrogens is 178 g/mol. The predicted octanol–water partition coefficient (Wildman–Crippen LogP) is 0.938. The summed E-state index contributed by atoms with van der Waals surface area (Å²) < 4.78 is 7.76. The first-order valence-electron chi connectivity index (χ1n) is 5.06. The molecule has 0 aliphatic carbocycles. The molecule has 1 fully saturated rings. The summed E-state index contributed by atoms with van der Waals surface area (Å²) in [4.78, 5) is 4.12. The Kier molecular flexibility index (Phi) is 2.56. The van der Waals surface area contributed by atoms with Crippen LogP contribution in [0.3, 0.4) is 0 Å². The van der Waals surface area contributed by atoms with E-state index in [0.717, 1.165) is 12.3 Å². The molecule has 1 saturated heterocycles. The van der Waals surface area contributed by atoms with Crippen molar-refractivity contribution in [3.8, 4) is 0 Å². The molecule has 0 radical (unpaired) electrons. The first-order valence-corrected chi connectivity index (χ1v) is 5.06. The quantitative estimate of drug-likeness (QED) is 0.764. The van der Waals surface area contributed by atoms with Gasteiger partial charge in [0.25, 0.3) is 0 Å². The first kappa shape index (κ1) is 9.68. The average molecular weight is 195 g/mol. The van der Waals surface area contributed by atoms with Crippen molar-refractivity contribution in [3.05, 3.63) is 18.2 Å². The Hall–Kier alpha value is -0.870. The summed E-state index contributed by atoms with van der Waals surface area (Å²) in [6.45, 7) is 5.63. The molecule has 3 atom stereocenters. The molecule has 0 spiro atoms. The molecule has 2 N–H and O–H groups in total. The average Bonchev–Trinajstić information content (AvgIpc) is 2.75. The van der Waals surface area contributed by atoms with Crippen molar-refractivity contribution >= 4 is 0 Å². The number of nitrogens with zero attached hydrogens (tertiary/aromatic N) is 2. The molecule has 0 amide bonds. The van der Waals surface area contributed by atoms with E-state index in [1.807, 2.05) is 12.5 Å². The van der Waals surface area contributed by atoms with E-state index >= 15 is 0 Å². The van der Waals surface area contributed by atoms with Crippen molar-refractivity contribution in [1.82, 2.24) is 9.55 Å². The highest BCUT2D eigenvalue weighted by molar-refractivity contribution is 5.01. The van der Waals surface area contributed by atoms with Crippen molar-refractivity contribution in [2.75, 3.05) is 6.61 Å². The third kappa shape index (κ3) is 1.44. The van der Waals surface area contributed by atoms with Gasteiger partial charge in [-0.1, -0.05) is 6.92 Å². The van der Waals surface area contributed by atoms with Gasteiger partial charge < -0.3 is 15.0 Å². The zero-order chi connectivity index (χ0) is 10.1. The lowest BCUT2D eigenvalue weighted by atomic mass is 10.0. The van der Waals surface area contributed by atoms with Crippen LogP contribution in [0, 0.1) is 5.92 Å². The van der Waals surface area contributed by atoms with Gasteiger partial charge in [-0.3, -0.25) is 0 Å². The third-order valence-corrected chi connectivity index (χ3v) is 3.19. The Balaban J connectivity index is 2.23. The Labute approximate surface area is 84.1 Å². The second-order valence-electron chi connectivity index (χ2n) is 3.96. The molecule has 1 aliphatic rings. The molecule has 1 aromatic rings. The second kappa shape index (κ2) is 3.71. The van der Waals surface area contributed by atoms with Crippen LogP contribution in [0.4, 0.5) is 0 Å². The van der Waals surface area contributed by atoms with Crippen LogP contribution in [0.5, 0.6) is 0 Å². The highest BCUT2D eigenvalue weighted by atomic mass is 16.5. The third-order valence-electron chi connectivity index (χ3n) is 3.19. The fraction of sp³-hybridized carbons (Fsp3) is 0.700. The standard InChI is InChI=1S/C10H17N3O/c1-7-8(2)14-5-10(7)13-6-12-4-9(13)3-11/h4,6-8,10H,3,5,11H2,1-2H3. The van der Waals surface area contributed by atoms with Crippen LogP contribution in [-0.2, 0) is 11.3 Å². The first-order chi connectivity index (χ1) is 6.74. The zero-order valence-electron chi connectivity index (χ0n) is 8.68. The van der Waals surface area contributed by atoms with Crippen LogP contribution < -0.4 is 5.73 Å². The Morgan fingerprint density at radius 3 is 3.00 bits per heavy atom. The molecule has 0 aromatic carbocycles. The van der Waals surface area contributed by atoms with Crippen LogP contribution in [0.25, 0.3) is 0 Å². The van der Waals surface area contributed by atoms with Crippen molar-refractivity contribution in [2.45, 2.75) is 32.5 Å². The molecule has 0 bridgehead atoms. The van der Waals surface area contributed by atoms with Gasteiger partial charge in [-0.05, 0) is 6.92 Å². The molecule has 2 heterocycles. The lowest BCUT2D eigenvalue weighted by Gasteiger charge is -2.19. The molecule has 4 heteroatoms. The van der Waals surface area contributed by atoms with Crippen LogP contribution in [0.15, 0.2) is 12.5 Å². The van der Waals surface area contributed by atoms with Gasteiger partial charge in [0.2, 0.25) is 0 Å². The Bertz CT molecular complexity index is 310. The van der Waals surface area contributed by atoms with Crippen molar-refractivity contribution in [3.63, 3.8) is 0 Å².